The van der Waals surface area contributed by atoms with Crippen LogP contribution >= 0.6 is 0 Å². The number of nitrogens with zero attached hydrogens (tertiary/aromatic N) is 1. The van der Waals surface area contributed by atoms with Crippen LogP contribution < -0.4 is 0 Å². The van der Waals surface area contributed by atoms with E-state index in [0.29, 0.717) is 0 Å². The van der Waals surface area contributed by atoms with Crippen molar-refractivity contribution in [3.05, 3.63) is 35.9 Å². The van der Waals surface area contributed by atoms with Gasteiger partial charge in [0.1, 0.15) is 6.29 Å². The number of hydrogen-bond acceptors (Lipinski definition) is 2. The quantitative estimate of drug-likeness (QED) is 0.637. The van der Waals surface area contributed by atoms with Crippen LogP contribution in [0.2, 0.25) is 0 Å². The third kappa shape index (κ3) is 4.45. The van der Waals surface area contributed by atoms with Crippen LogP contribution in [0.15, 0.2) is 30.3 Å². The van der Waals surface area contributed by atoms with Crippen molar-refractivity contribution in [3.63, 3.8) is 0 Å². The summed E-state index contributed by atoms with van der Waals surface area (Å²) in [6, 6.07) is 10.1. The number of likely N-dealkylation sites (N-methyl/N-ethyl adjacent to an activating group) is 1. The van der Waals surface area contributed by atoms with E-state index in [-0.39, 0.29) is 0 Å². The second kappa shape index (κ2) is 8.21. The lowest BCUT2D eigenvalue weighted by Gasteiger charge is -2.33. The Balaban J connectivity index is 2.82. The van der Waals surface area contributed by atoms with Gasteiger partial charge in [0.05, 0.1) is 5.41 Å². The Hall–Kier alpha value is -1.15. The lowest BCUT2D eigenvalue weighted by atomic mass is 9.83. The molecule has 0 radical (unpaired) electrons. The van der Waals surface area contributed by atoms with Gasteiger partial charge in [-0.25, -0.2) is 0 Å². The van der Waals surface area contributed by atoms with E-state index in [1.165, 1.54) is 12.8 Å². The van der Waals surface area contributed by atoms with Crippen LogP contribution in [0.1, 0.15) is 46.1 Å². The van der Waals surface area contributed by atoms with Crippen LogP contribution in [0.3, 0.4) is 0 Å². The lowest BCUT2D eigenvalue weighted by molar-refractivity contribution is -0.112. The first kappa shape index (κ1) is 16.9. The van der Waals surface area contributed by atoms with Crippen LogP contribution in [0, 0.1) is 5.92 Å². The molecule has 0 aromatic heterocycles. The van der Waals surface area contributed by atoms with Crippen LogP contribution in [-0.4, -0.2) is 30.8 Å². The lowest BCUT2D eigenvalue weighted by Crippen LogP contribution is -2.42. The molecule has 0 heterocycles. The maximum Gasteiger partial charge on any atom is 0.131 e. The number of carbonyl (C=O) groups excluding carboxylic acids is 1. The molecule has 1 aromatic rings. The van der Waals surface area contributed by atoms with E-state index in [0.717, 1.165) is 37.4 Å². The highest BCUT2D eigenvalue weighted by Gasteiger charge is 2.28. The topological polar surface area (TPSA) is 20.3 Å². The first-order valence-electron chi connectivity index (χ1n) is 7.83. The molecule has 112 valence electrons. The van der Waals surface area contributed by atoms with Crippen LogP contribution in [0.4, 0.5) is 0 Å². The second-order valence-electron chi connectivity index (χ2n) is 5.91. The van der Waals surface area contributed by atoms with E-state index in [1.807, 2.05) is 25.1 Å². The van der Waals surface area contributed by atoms with Gasteiger partial charge >= 0.3 is 0 Å². The van der Waals surface area contributed by atoms with Gasteiger partial charge in [-0.15, -0.1) is 0 Å². The molecule has 0 fully saturated rings. The Labute approximate surface area is 124 Å². The van der Waals surface area contributed by atoms with Gasteiger partial charge in [-0.3, -0.25) is 0 Å². The Kier molecular flexibility index (Phi) is 6.94. The summed E-state index contributed by atoms with van der Waals surface area (Å²) >= 11 is 0. The average Bonchev–Trinajstić information content (AvgIpc) is 2.52. The molecule has 2 heteroatoms. The van der Waals surface area contributed by atoms with E-state index in [1.54, 1.807) is 0 Å². The average molecular weight is 275 g/mol. The van der Waals surface area contributed by atoms with Crippen molar-refractivity contribution in [2.24, 2.45) is 5.92 Å². The minimum atomic E-state index is -0.413. The Morgan fingerprint density at radius 1 is 1.15 bits per heavy atom. The zero-order valence-corrected chi connectivity index (χ0v) is 13.4. The van der Waals surface area contributed by atoms with Crippen molar-refractivity contribution in [3.8, 4) is 0 Å². The van der Waals surface area contributed by atoms with Crippen molar-refractivity contribution in [1.29, 1.82) is 0 Å². The molecule has 0 aliphatic carbocycles. The largest absolute Gasteiger partial charge is 0.302 e. The fourth-order valence-corrected chi connectivity index (χ4v) is 2.70. The van der Waals surface area contributed by atoms with Gasteiger partial charge in [-0.05, 0) is 24.9 Å². The molecule has 0 spiro atoms. The van der Waals surface area contributed by atoms with Crippen LogP contribution in [0.5, 0.6) is 0 Å². The molecular weight excluding hydrogens is 246 g/mol. The van der Waals surface area contributed by atoms with Crippen LogP contribution in [-0.2, 0) is 10.2 Å². The molecule has 0 saturated heterocycles. The summed E-state index contributed by atoms with van der Waals surface area (Å²) in [7, 11) is 0. The van der Waals surface area contributed by atoms with Crippen molar-refractivity contribution in [1.82, 2.24) is 4.90 Å². The van der Waals surface area contributed by atoms with Gasteiger partial charge in [-0.1, -0.05) is 63.9 Å². The third-order valence-electron chi connectivity index (χ3n) is 4.36. The van der Waals surface area contributed by atoms with Gasteiger partial charge < -0.3 is 9.69 Å². The van der Waals surface area contributed by atoms with Crippen LogP contribution in [0.25, 0.3) is 0 Å². The fourth-order valence-electron chi connectivity index (χ4n) is 2.70. The Morgan fingerprint density at radius 3 is 2.20 bits per heavy atom. The second-order valence-corrected chi connectivity index (χ2v) is 5.91. The molecule has 0 saturated carbocycles. The van der Waals surface area contributed by atoms with E-state index >= 15 is 0 Å². The molecule has 0 bridgehead atoms. The van der Waals surface area contributed by atoms with Crippen molar-refractivity contribution in [2.75, 3.05) is 19.6 Å². The minimum Gasteiger partial charge on any atom is -0.302 e. The molecular formula is C18H29NO. The molecule has 0 N–H and O–H groups in total. The summed E-state index contributed by atoms with van der Waals surface area (Å²) in [6.07, 6.45) is 3.52. The summed E-state index contributed by atoms with van der Waals surface area (Å²) in [6.45, 7) is 11.6. The summed E-state index contributed by atoms with van der Waals surface area (Å²) in [5, 5.41) is 0. The normalized spacial score (nSPS) is 14.5. The molecule has 0 aliphatic heterocycles. The maximum atomic E-state index is 11.7. The molecule has 20 heavy (non-hydrogen) atoms. The van der Waals surface area contributed by atoms with Gasteiger partial charge in [-0.2, -0.15) is 0 Å². The monoisotopic (exact) mass is 275 g/mol. The summed E-state index contributed by atoms with van der Waals surface area (Å²) in [5.41, 5.74) is 0.696. The highest BCUT2D eigenvalue weighted by Crippen LogP contribution is 2.23. The predicted octanol–water partition coefficient (Wildman–Crippen LogP) is 3.90. The molecule has 1 aromatic carbocycles. The molecule has 0 aliphatic rings. The van der Waals surface area contributed by atoms with Crippen molar-refractivity contribution < 1.29 is 4.79 Å². The molecule has 1 atom stereocenters. The number of aldehydes is 1. The Bertz CT molecular complexity index is 386. The summed E-state index contributed by atoms with van der Waals surface area (Å²) < 4.78 is 0. The first-order chi connectivity index (χ1) is 9.59. The van der Waals surface area contributed by atoms with E-state index in [2.05, 4.69) is 37.8 Å². The minimum absolute atomic E-state index is 0.413. The van der Waals surface area contributed by atoms with Gasteiger partial charge in [0, 0.05) is 13.1 Å². The van der Waals surface area contributed by atoms with Crippen molar-refractivity contribution in [2.45, 2.75) is 46.0 Å². The van der Waals surface area contributed by atoms with Gasteiger partial charge in [0.15, 0.2) is 0 Å². The number of hydrogen-bond donors (Lipinski definition) is 0. The molecule has 0 amide bonds. The maximum absolute atomic E-state index is 11.7. The van der Waals surface area contributed by atoms with Gasteiger partial charge in [0.25, 0.3) is 0 Å². The molecule has 1 unspecified atom stereocenters. The molecule has 1 rings (SSSR count). The standard InChI is InChI=1S/C18H29NO/c1-5-16(6-2)13-19(7-3)14-18(4,15-20)17-11-9-8-10-12-17/h8-12,15-16H,5-7,13-14H2,1-4H3. The fraction of sp³-hybridized carbons (Fsp3) is 0.611. The summed E-state index contributed by atoms with van der Waals surface area (Å²) in [5.74, 6) is 0.724. The zero-order valence-electron chi connectivity index (χ0n) is 13.4. The predicted molar refractivity (Wildman–Crippen MR) is 86.0 cm³/mol. The van der Waals surface area contributed by atoms with E-state index in [4.69, 9.17) is 0 Å². The number of carbonyl (C=O) groups is 1. The Morgan fingerprint density at radius 2 is 1.75 bits per heavy atom. The highest BCUT2D eigenvalue weighted by atomic mass is 16.1. The highest BCUT2D eigenvalue weighted by molar-refractivity contribution is 5.68. The van der Waals surface area contributed by atoms with Crippen molar-refractivity contribution >= 4 is 6.29 Å². The van der Waals surface area contributed by atoms with E-state index < -0.39 is 5.41 Å². The smallest absolute Gasteiger partial charge is 0.131 e. The summed E-state index contributed by atoms with van der Waals surface area (Å²) in [4.78, 5) is 14.1. The first-order valence-corrected chi connectivity index (χ1v) is 7.83. The number of benzene rings is 1. The third-order valence-corrected chi connectivity index (χ3v) is 4.36. The number of rotatable bonds is 9. The van der Waals surface area contributed by atoms with E-state index in [9.17, 15) is 4.79 Å². The van der Waals surface area contributed by atoms with Gasteiger partial charge in [0.2, 0.25) is 0 Å². The zero-order chi connectivity index (χ0) is 15.0. The SMILES string of the molecule is CCC(CC)CN(CC)CC(C)(C=O)c1ccccc1. The molecule has 2 nitrogen and oxygen atoms in total.